The van der Waals surface area contributed by atoms with Gasteiger partial charge in [-0.3, -0.25) is 4.79 Å². The van der Waals surface area contributed by atoms with Gasteiger partial charge in [0.1, 0.15) is 0 Å². The maximum absolute atomic E-state index is 13.2. The molecule has 0 bridgehead atoms. The van der Waals surface area contributed by atoms with Gasteiger partial charge in [-0.2, -0.15) is 0 Å². The molecule has 0 N–H and O–H groups in total. The number of pyridine rings is 1. The molecule has 2 unspecified atom stereocenters. The number of carbonyl (C=O) groups is 1. The lowest BCUT2D eigenvalue weighted by Crippen LogP contribution is -2.50. The Labute approximate surface area is 135 Å². The summed E-state index contributed by atoms with van der Waals surface area (Å²) < 4.78 is 10.9. The van der Waals surface area contributed by atoms with Crippen molar-refractivity contribution < 1.29 is 14.1 Å². The minimum atomic E-state index is -0.00625. The lowest BCUT2D eigenvalue weighted by molar-refractivity contribution is -0.0386. The number of rotatable bonds is 2. The highest BCUT2D eigenvalue weighted by molar-refractivity contribution is 6.06. The summed E-state index contributed by atoms with van der Waals surface area (Å²) in [4.78, 5) is 19.5. The molecule has 1 aliphatic heterocycles. The van der Waals surface area contributed by atoms with Crippen molar-refractivity contribution in [3.63, 3.8) is 0 Å². The third kappa shape index (κ3) is 2.83. The molecule has 0 aliphatic carbocycles. The Morgan fingerprint density at radius 1 is 1.39 bits per heavy atom. The molecule has 2 atom stereocenters. The van der Waals surface area contributed by atoms with Crippen LogP contribution in [0.15, 0.2) is 10.6 Å². The molecular formula is C17H23N3O3. The van der Waals surface area contributed by atoms with Crippen LogP contribution in [0.2, 0.25) is 0 Å². The summed E-state index contributed by atoms with van der Waals surface area (Å²) in [6.45, 7) is 11.1. The molecule has 1 saturated heterocycles. The minimum Gasteiger partial charge on any atom is -0.375 e. The molecule has 2 aromatic heterocycles. The molecule has 23 heavy (non-hydrogen) atoms. The maximum Gasteiger partial charge on any atom is 0.259 e. The molecule has 3 heterocycles. The lowest BCUT2D eigenvalue weighted by Gasteiger charge is -2.37. The molecule has 3 rings (SSSR count). The van der Waals surface area contributed by atoms with Gasteiger partial charge in [0.2, 0.25) is 0 Å². The van der Waals surface area contributed by atoms with Crippen LogP contribution in [0.4, 0.5) is 0 Å². The Bertz CT molecular complexity index is 738. The molecule has 0 spiro atoms. The Balaban J connectivity index is 2.10. The van der Waals surface area contributed by atoms with Crippen molar-refractivity contribution >= 4 is 17.0 Å². The number of aryl methyl sites for hydroxylation is 1. The number of morpholine rings is 1. The van der Waals surface area contributed by atoms with Crippen LogP contribution in [0.3, 0.4) is 0 Å². The fraction of sp³-hybridized carbons (Fsp3) is 0.588. The average molecular weight is 317 g/mol. The van der Waals surface area contributed by atoms with Gasteiger partial charge in [0.05, 0.1) is 35.4 Å². The van der Waals surface area contributed by atoms with E-state index >= 15 is 0 Å². The summed E-state index contributed by atoms with van der Waals surface area (Å²) in [5.74, 6) is 0.200. The first-order valence-corrected chi connectivity index (χ1v) is 8.08. The second-order valence-electron chi connectivity index (χ2n) is 6.65. The Hall–Kier alpha value is -1.95. The highest BCUT2D eigenvalue weighted by Crippen LogP contribution is 2.27. The van der Waals surface area contributed by atoms with Crippen molar-refractivity contribution in [3.8, 4) is 0 Å². The lowest BCUT2D eigenvalue weighted by atomic mass is 10.0. The van der Waals surface area contributed by atoms with Gasteiger partial charge in [0, 0.05) is 12.2 Å². The number of hydrogen-bond acceptors (Lipinski definition) is 5. The SMILES string of the molecule is Cc1noc2nc(C(C)C)cc(C(=O)N3CC(C)OCC3C)c12. The van der Waals surface area contributed by atoms with Crippen molar-refractivity contribution in [2.24, 2.45) is 0 Å². The number of aromatic nitrogens is 2. The first-order chi connectivity index (χ1) is 10.9. The molecule has 0 aromatic carbocycles. The zero-order valence-corrected chi connectivity index (χ0v) is 14.3. The van der Waals surface area contributed by atoms with Crippen LogP contribution in [-0.4, -0.2) is 46.2 Å². The second kappa shape index (κ2) is 5.92. The number of fused-ring (bicyclic) bond motifs is 1. The highest BCUT2D eigenvalue weighted by atomic mass is 16.5. The van der Waals surface area contributed by atoms with Gasteiger partial charge in [-0.05, 0) is 32.8 Å². The van der Waals surface area contributed by atoms with E-state index in [1.54, 1.807) is 0 Å². The average Bonchev–Trinajstić information content (AvgIpc) is 2.89. The van der Waals surface area contributed by atoms with Crippen molar-refractivity contribution in [2.75, 3.05) is 13.2 Å². The summed E-state index contributed by atoms with van der Waals surface area (Å²) in [6.07, 6.45) is 0.0422. The molecule has 1 amide bonds. The number of carbonyl (C=O) groups excluding carboxylic acids is 1. The zero-order valence-electron chi connectivity index (χ0n) is 14.3. The number of hydrogen-bond donors (Lipinski definition) is 0. The van der Waals surface area contributed by atoms with E-state index in [0.717, 1.165) is 5.69 Å². The van der Waals surface area contributed by atoms with Crippen LogP contribution >= 0.6 is 0 Å². The van der Waals surface area contributed by atoms with E-state index in [4.69, 9.17) is 9.26 Å². The predicted molar refractivity (Wildman–Crippen MR) is 86.5 cm³/mol. The highest BCUT2D eigenvalue weighted by Gasteiger charge is 2.30. The fourth-order valence-corrected chi connectivity index (χ4v) is 2.92. The third-order valence-electron chi connectivity index (χ3n) is 4.33. The molecule has 1 aliphatic rings. The number of ether oxygens (including phenoxy) is 1. The monoisotopic (exact) mass is 317 g/mol. The van der Waals surface area contributed by atoms with Crippen LogP contribution in [-0.2, 0) is 4.74 Å². The van der Waals surface area contributed by atoms with Gasteiger partial charge >= 0.3 is 0 Å². The van der Waals surface area contributed by atoms with Crippen LogP contribution in [0.25, 0.3) is 11.1 Å². The fourth-order valence-electron chi connectivity index (χ4n) is 2.92. The molecule has 0 saturated carbocycles. The first-order valence-electron chi connectivity index (χ1n) is 8.08. The number of amides is 1. The zero-order chi connectivity index (χ0) is 16.7. The number of nitrogens with zero attached hydrogens (tertiary/aromatic N) is 3. The topological polar surface area (TPSA) is 68.5 Å². The van der Waals surface area contributed by atoms with Crippen molar-refractivity contribution in [2.45, 2.75) is 52.7 Å². The van der Waals surface area contributed by atoms with Gasteiger partial charge in [-0.1, -0.05) is 19.0 Å². The van der Waals surface area contributed by atoms with Gasteiger partial charge in [-0.25, -0.2) is 4.98 Å². The molecule has 0 radical (unpaired) electrons. The summed E-state index contributed by atoms with van der Waals surface area (Å²) in [6, 6.07) is 1.93. The van der Waals surface area contributed by atoms with Crippen molar-refractivity contribution in [1.82, 2.24) is 15.0 Å². The van der Waals surface area contributed by atoms with E-state index in [1.165, 1.54) is 0 Å². The summed E-state index contributed by atoms with van der Waals surface area (Å²) in [5, 5.41) is 4.70. The quantitative estimate of drug-likeness (QED) is 0.852. The summed E-state index contributed by atoms with van der Waals surface area (Å²) in [5.41, 5.74) is 2.59. The van der Waals surface area contributed by atoms with E-state index in [0.29, 0.717) is 35.5 Å². The minimum absolute atomic E-state index is 0.00625. The van der Waals surface area contributed by atoms with Gasteiger partial charge in [0.25, 0.3) is 11.6 Å². The Morgan fingerprint density at radius 2 is 2.13 bits per heavy atom. The Kier molecular flexibility index (Phi) is 4.10. The van der Waals surface area contributed by atoms with E-state index < -0.39 is 0 Å². The van der Waals surface area contributed by atoms with Crippen LogP contribution in [0.5, 0.6) is 0 Å². The van der Waals surface area contributed by atoms with Crippen LogP contribution < -0.4 is 0 Å². The van der Waals surface area contributed by atoms with Crippen molar-refractivity contribution in [1.29, 1.82) is 0 Å². The third-order valence-corrected chi connectivity index (χ3v) is 4.33. The predicted octanol–water partition coefficient (Wildman–Crippen LogP) is 2.90. The van der Waals surface area contributed by atoms with Crippen LogP contribution in [0, 0.1) is 6.92 Å². The molecule has 2 aromatic rings. The standard InChI is InChI=1S/C17H23N3O3/c1-9(2)14-6-13(15-12(5)19-23-16(15)18-14)17(21)20-7-11(4)22-8-10(20)3/h6,9-11H,7-8H2,1-5H3. The van der Waals surface area contributed by atoms with E-state index in [1.807, 2.05) is 45.6 Å². The second-order valence-corrected chi connectivity index (χ2v) is 6.65. The largest absolute Gasteiger partial charge is 0.375 e. The maximum atomic E-state index is 13.2. The Morgan fingerprint density at radius 3 is 2.83 bits per heavy atom. The van der Waals surface area contributed by atoms with E-state index in [9.17, 15) is 4.79 Å². The first kappa shape index (κ1) is 15.9. The summed E-state index contributed by atoms with van der Waals surface area (Å²) >= 11 is 0. The van der Waals surface area contributed by atoms with E-state index in [-0.39, 0.29) is 24.0 Å². The molecule has 6 nitrogen and oxygen atoms in total. The van der Waals surface area contributed by atoms with Gasteiger partial charge < -0.3 is 14.2 Å². The molecule has 124 valence electrons. The normalized spacial score (nSPS) is 22.1. The van der Waals surface area contributed by atoms with Crippen LogP contribution in [0.1, 0.15) is 55.4 Å². The smallest absolute Gasteiger partial charge is 0.259 e. The van der Waals surface area contributed by atoms with Gasteiger partial charge in [0.15, 0.2) is 0 Å². The van der Waals surface area contributed by atoms with E-state index in [2.05, 4.69) is 10.1 Å². The summed E-state index contributed by atoms with van der Waals surface area (Å²) in [7, 11) is 0. The molecule has 6 heteroatoms. The van der Waals surface area contributed by atoms with Crippen molar-refractivity contribution in [3.05, 3.63) is 23.0 Å². The van der Waals surface area contributed by atoms with Gasteiger partial charge in [-0.15, -0.1) is 0 Å². The molecular weight excluding hydrogens is 294 g/mol. The molecule has 1 fully saturated rings.